The Labute approximate surface area is 168 Å². The molecule has 146 valence electrons. The van der Waals surface area contributed by atoms with E-state index < -0.39 is 12.1 Å². The van der Waals surface area contributed by atoms with Gasteiger partial charge in [-0.1, -0.05) is 11.6 Å². The third-order valence-corrected chi connectivity index (χ3v) is 4.66. The molecule has 2 aromatic rings. The molecule has 0 aromatic heterocycles. The molecule has 1 atom stereocenters. The molecule has 0 bridgehead atoms. The highest BCUT2D eigenvalue weighted by Gasteiger charge is 2.19. The van der Waals surface area contributed by atoms with Crippen molar-refractivity contribution in [3.63, 3.8) is 0 Å². The summed E-state index contributed by atoms with van der Waals surface area (Å²) in [6.07, 6.45) is 1.78. The third kappa shape index (κ3) is 5.01. The Morgan fingerprint density at radius 2 is 1.64 bits per heavy atom. The number of carbonyl (C=O) groups excluding carboxylic acids is 2. The average Bonchev–Trinajstić information content (AvgIpc) is 3.10. The molecule has 3 amide bonds. The minimum atomic E-state index is -0.723. The highest BCUT2D eigenvalue weighted by molar-refractivity contribution is 6.30. The number of amidine groups is 1. The van der Waals surface area contributed by atoms with Gasteiger partial charge in [-0.25, -0.2) is 4.79 Å². The van der Waals surface area contributed by atoms with Gasteiger partial charge in [-0.2, -0.15) is 0 Å². The zero-order valence-corrected chi connectivity index (χ0v) is 16.2. The SMILES string of the molecule is CC(NC(=O)Nc1ccc(Cl)cc1)C(=O)Nc1ccc(N2CCCC2=N)cc1. The standard InChI is InChI=1S/C20H22ClN5O2/c1-13(23-20(28)25-16-6-4-14(21)5-7-16)19(27)24-15-8-10-17(11-9-15)26-12-2-3-18(26)22/h4-11,13,22H,2-3,12H2,1H3,(H,24,27)(H2,23,25,28). The van der Waals surface area contributed by atoms with Gasteiger partial charge < -0.3 is 20.9 Å². The Morgan fingerprint density at radius 3 is 2.25 bits per heavy atom. The first kappa shape index (κ1) is 19.7. The number of nitrogens with zero attached hydrogens (tertiary/aromatic N) is 1. The first-order valence-corrected chi connectivity index (χ1v) is 9.39. The predicted molar refractivity (Wildman–Crippen MR) is 112 cm³/mol. The molecule has 7 nitrogen and oxygen atoms in total. The lowest BCUT2D eigenvalue weighted by atomic mass is 10.2. The molecule has 1 heterocycles. The van der Waals surface area contributed by atoms with Crippen LogP contribution in [0.15, 0.2) is 48.5 Å². The summed E-state index contributed by atoms with van der Waals surface area (Å²) in [6.45, 7) is 2.45. The quantitative estimate of drug-likeness (QED) is 0.610. The minimum Gasteiger partial charge on any atom is -0.330 e. The number of benzene rings is 2. The van der Waals surface area contributed by atoms with Crippen LogP contribution in [0.4, 0.5) is 21.9 Å². The first-order chi connectivity index (χ1) is 13.4. The maximum absolute atomic E-state index is 12.3. The summed E-state index contributed by atoms with van der Waals surface area (Å²) >= 11 is 5.81. The van der Waals surface area contributed by atoms with E-state index in [2.05, 4.69) is 16.0 Å². The summed E-state index contributed by atoms with van der Waals surface area (Å²) in [4.78, 5) is 26.3. The van der Waals surface area contributed by atoms with Crippen LogP contribution >= 0.6 is 11.6 Å². The van der Waals surface area contributed by atoms with E-state index in [0.29, 0.717) is 22.2 Å². The predicted octanol–water partition coefficient (Wildman–Crippen LogP) is 4.07. The highest BCUT2D eigenvalue weighted by atomic mass is 35.5. The second-order valence-electron chi connectivity index (χ2n) is 6.57. The van der Waals surface area contributed by atoms with Crippen molar-refractivity contribution < 1.29 is 9.59 Å². The van der Waals surface area contributed by atoms with Crippen LogP contribution in [0.1, 0.15) is 19.8 Å². The van der Waals surface area contributed by atoms with Crippen LogP contribution < -0.4 is 20.9 Å². The zero-order valence-electron chi connectivity index (χ0n) is 15.5. The van der Waals surface area contributed by atoms with Gasteiger partial charge in [0.25, 0.3) is 0 Å². The van der Waals surface area contributed by atoms with Crippen LogP contribution in [-0.2, 0) is 4.79 Å². The van der Waals surface area contributed by atoms with Crippen molar-refractivity contribution in [1.82, 2.24) is 5.32 Å². The van der Waals surface area contributed by atoms with Gasteiger partial charge in [0.1, 0.15) is 11.9 Å². The molecule has 1 aliphatic rings. The van der Waals surface area contributed by atoms with Gasteiger partial charge in [-0.15, -0.1) is 0 Å². The summed E-state index contributed by atoms with van der Waals surface area (Å²) in [5.74, 6) is 0.286. The Kier molecular flexibility index (Phi) is 6.16. The van der Waals surface area contributed by atoms with Gasteiger partial charge in [0, 0.05) is 35.1 Å². The normalized spacial score (nSPS) is 14.5. The molecule has 1 saturated heterocycles. The Bertz CT molecular complexity index is 867. The monoisotopic (exact) mass is 399 g/mol. The second kappa shape index (κ2) is 8.75. The summed E-state index contributed by atoms with van der Waals surface area (Å²) in [5.41, 5.74) is 2.15. The van der Waals surface area contributed by atoms with Crippen molar-refractivity contribution in [2.45, 2.75) is 25.8 Å². The maximum atomic E-state index is 12.3. The van der Waals surface area contributed by atoms with Gasteiger partial charge in [-0.3, -0.25) is 10.2 Å². The molecule has 0 aliphatic carbocycles. The Morgan fingerprint density at radius 1 is 1.04 bits per heavy atom. The van der Waals surface area contributed by atoms with Gasteiger partial charge in [0.15, 0.2) is 0 Å². The lowest BCUT2D eigenvalue weighted by Gasteiger charge is -2.19. The molecule has 2 aromatic carbocycles. The topological polar surface area (TPSA) is 97.3 Å². The number of hydrogen-bond acceptors (Lipinski definition) is 3. The van der Waals surface area contributed by atoms with Gasteiger partial charge in [-0.05, 0) is 61.9 Å². The van der Waals surface area contributed by atoms with Crippen LogP contribution in [-0.4, -0.2) is 30.4 Å². The number of rotatable bonds is 5. The van der Waals surface area contributed by atoms with Crippen molar-refractivity contribution in [1.29, 1.82) is 5.41 Å². The molecule has 1 unspecified atom stereocenters. The number of amides is 3. The largest absolute Gasteiger partial charge is 0.330 e. The van der Waals surface area contributed by atoms with Crippen molar-refractivity contribution in [3.8, 4) is 0 Å². The number of carbonyl (C=O) groups is 2. The van der Waals surface area contributed by atoms with E-state index in [4.69, 9.17) is 17.0 Å². The summed E-state index contributed by atoms with van der Waals surface area (Å²) in [5, 5.41) is 16.5. The fourth-order valence-electron chi connectivity index (χ4n) is 2.90. The Balaban J connectivity index is 1.51. The Hall–Kier alpha value is -3.06. The molecule has 0 spiro atoms. The van der Waals surface area contributed by atoms with Crippen LogP contribution in [0.3, 0.4) is 0 Å². The second-order valence-corrected chi connectivity index (χ2v) is 7.00. The van der Waals surface area contributed by atoms with E-state index in [1.54, 1.807) is 43.3 Å². The van der Waals surface area contributed by atoms with Crippen LogP contribution in [0.25, 0.3) is 0 Å². The molecule has 1 fully saturated rings. The zero-order chi connectivity index (χ0) is 20.1. The lowest BCUT2D eigenvalue weighted by Crippen LogP contribution is -2.43. The summed E-state index contributed by atoms with van der Waals surface area (Å²) in [6, 6.07) is 12.8. The smallest absolute Gasteiger partial charge is 0.319 e. The van der Waals surface area contributed by atoms with E-state index in [9.17, 15) is 9.59 Å². The van der Waals surface area contributed by atoms with Crippen LogP contribution in [0.2, 0.25) is 5.02 Å². The van der Waals surface area contributed by atoms with Crippen molar-refractivity contribution in [3.05, 3.63) is 53.6 Å². The third-order valence-electron chi connectivity index (χ3n) is 4.41. The van der Waals surface area contributed by atoms with Crippen molar-refractivity contribution in [2.24, 2.45) is 0 Å². The first-order valence-electron chi connectivity index (χ1n) is 9.01. The van der Waals surface area contributed by atoms with Gasteiger partial charge >= 0.3 is 6.03 Å². The average molecular weight is 400 g/mol. The van der Waals surface area contributed by atoms with Crippen LogP contribution in [0.5, 0.6) is 0 Å². The highest BCUT2D eigenvalue weighted by Crippen LogP contribution is 2.23. The minimum absolute atomic E-state index is 0.326. The lowest BCUT2D eigenvalue weighted by molar-refractivity contribution is -0.117. The fraction of sp³-hybridized carbons (Fsp3) is 0.250. The van der Waals surface area contributed by atoms with E-state index in [0.717, 1.165) is 25.1 Å². The number of anilines is 3. The molecule has 3 rings (SSSR count). The molecule has 28 heavy (non-hydrogen) atoms. The number of nitrogens with one attached hydrogen (secondary N) is 4. The fourth-order valence-corrected chi connectivity index (χ4v) is 3.02. The molecule has 0 saturated carbocycles. The molecular weight excluding hydrogens is 378 g/mol. The van der Waals surface area contributed by atoms with Crippen molar-refractivity contribution >= 4 is 46.4 Å². The van der Waals surface area contributed by atoms with E-state index >= 15 is 0 Å². The van der Waals surface area contributed by atoms with Crippen molar-refractivity contribution in [2.75, 3.05) is 22.1 Å². The number of urea groups is 1. The summed E-state index contributed by atoms with van der Waals surface area (Å²) in [7, 11) is 0. The number of hydrogen-bond donors (Lipinski definition) is 4. The van der Waals surface area contributed by atoms with Gasteiger partial charge in [0.05, 0.1) is 0 Å². The molecule has 4 N–H and O–H groups in total. The van der Waals surface area contributed by atoms with E-state index in [-0.39, 0.29) is 5.91 Å². The number of halogens is 1. The maximum Gasteiger partial charge on any atom is 0.319 e. The van der Waals surface area contributed by atoms with Crippen LogP contribution in [0, 0.1) is 5.41 Å². The van der Waals surface area contributed by atoms with Gasteiger partial charge in [0.2, 0.25) is 5.91 Å². The summed E-state index contributed by atoms with van der Waals surface area (Å²) < 4.78 is 0. The molecule has 1 aliphatic heterocycles. The van der Waals surface area contributed by atoms with E-state index in [1.807, 2.05) is 17.0 Å². The molecule has 8 heteroatoms. The molecular formula is C20H22ClN5O2. The molecule has 0 radical (unpaired) electrons. The van der Waals surface area contributed by atoms with E-state index in [1.165, 1.54) is 0 Å².